The van der Waals surface area contributed by atoms with Crippen LogP contribution in [-0.2, 0) is 10.0 Å². The van der Waals surface area contributed by atoms with Gasteiger partial charge in [0.2, 0.25) is 0 Å². The Morgan fingerprint density at radius 2 is 1.64 bits per heavy atom. The minimum absolute atomic E-state index is 0.151. The van der Waals surface area contributed by atoms with Crippen molar-refractivity contribution in [3.8, 4) is 11.3 Å². The number of hydrogen-bond donors (Lipinski definition) is 1. The zero-order valence-electron chi connectivity index (χ0n) is 20.5. The number of aromatic nitrogens is 1. The first-order valence-electron chi connectivity index (χ1n) is 11.5. The van der Waals surface area contributed by atoms with Gasteiger partial charge in [-0.25, -0.2) is 8.42 Å². The minimum Gasteiger partial charge on any atom is -0.353 e. The number of anilines is 1. The molecule has 5 nitrogen and oxygen atoms in total. The van der Waals surface area contributed by atoms with Crippen molar-refractivity contribution in [1.82, 2.24) is 5.16 Å². The Labute approximate surface area is 218 Å². The summed E-state index contributed by atoms with van der Waals surface area (Å²) in [6, 6.07) is 23.8. The number of rotatable bonds is 7. The molecule has 0 spiro atoms. The maximum Gasteiger partial charge on any atom is 0.262 e. The van der Waals surface area contributed by atoms with Crippen LogP contribution in [0.15, 0.2) is 100 Å². The van der Waals surface area contributed by atoms with Crippen molar-refractivity contribution in [2.45, 2.75) is 31.8 Å². The molecule has 4 rings (SSSR count). The number of aryl methyl sites for hydroxylation is 1. The summed E-state index contributed by atoms with van der Waals surface area (Å²) in [4.78, 5) is 0.151. The molecule has 1 aromatic heterocycles. The van der Waals surface area contributed by atoms with Crippen LogP contribution in [0.2, 0.25) is 18.1 Å². The summed E-state index contributed by atoms with van der Waals surface area (Å²) in [5.74, 6) is 0.356. The largest absolute Gasteiger partial charge is 0.353 e. The second-order valence-electron chi connectivity index (χ2n) is 8.96. The quantitative estimate of drug-likeness (QED) is 0.208. The van der Waals surface area contributed by atoms with Gasteiger partial charge in [0, 0.05) is 15.8 Å². The molecule has 0 saturated heterocycles. The average Bonchev–Trinajstić information content (AvgIpc) is 3.25. The number of hydrogen-bond acceptors (Lipinski definition) is 4. The van der Waals surface area contributed by atoms with Crippen LogP contribution < -0.4 is 9.91 Å². The SMILES string of the molecule is CC=C=C(c1onc(-c2ccc(Cl)cc2)c1NS(=O)(=O)c1ccc(C)cc1)[Si](C)(C)c1ccccc1. The third kappa shape index (κ3) is 5.25. The van der Waals surface area contributed by atoms with Crippen LogP contribution in [0.1, 0.15) is 18.2 Å². The number of sulfonamides is 1. The van der Waals surface area contributed by atoms with E-state index in [1.54, 1.807) is 48.5 Å². The lowest BCUT2D eigenvalue weighted by Gasteiger charge is -2.24. The zero-order valence-corrected chi connectivity index (χ0v) is 23.1. The Hall–Kier alpha value is -3.35. The van der Waals surface area contributed by atoms with E-state index in [0.717, 1.165) is 15.9 Å². The molecule has 36 heavy (non-hydrogen) atoms. The molecule has 0 aliphatic heterocycles. The predicted octanol–water partition coefficient (Wildman–Crippen LogP) is 6.82. The molecule has 1 N–H and O–H groups in total. The van der Waals surface area contributed by atoms with E-state index in [9.17, 15) is 8.42 Å². The fraction of sp³-hybridized carbons (Fsp3) is 0.143. The Kier molecular flexibility index (Phi) is 7.38. The van der Waals surface area contributed by atoms with Crippen LogP contribution in [0.3, 0.4) is 0 Å². The van der Waals surface area contributed by atoms with E-state index in [1.807, 2.05) is 38.1 Å². The highest BCUT2D eigenvalue weighted by Gasteiger charge is 2.36. The lowest BCUT2D eigenvalue weighted by Crippen LogP contribution is -2.42. The van der Waals surface area contributed by atoms with Gasteiger partial charge in [0.1, 0.15) is 19.5 Å². The van der Waals surface area contributed by atoms with Crippen molar-refractivity contribution in [2.24, 2.45) is 0 Å². The maximum absolute atomic E-state index is 13.5. The molecular formula is C28H27ClN2O3SSi. The van der Waals surface area contributed by atoms with Gasteiger partial charge in [-0.05, 0) is 44.2 Å². The molecule has 4 aromatic rings. The summed E-state index contributed by atoms with van der Waals surface area (Å²) >= 11 is 6.09. The van der Waals surface area contributed by atoms with Gasteiger partial charge in [-0.15, -0.1) is 5.73 Å². The number of halogens is 1. The molecule has 184 valence electrons. The fourth-order valence-electron chi connectivity index (χ4n) is 3.94. The average molecular weight is 535 g/mol. The summed E-state index contributed by atoms with van der Waals surface area (Å²) in [5, 5.41) is 6.84. The predicted molar refractivity (Wildman–Crippen MR) is 150 cm³/mol. The fourth-order valence-corrected chi connectivity index (χ4v) is 7.70. The summed E-state index contributed by atoms with van der Waals surface area (Å²) in [6.45, 7) is 8.14. The summed E-state index contributed by atoms with van der Waals surface area (Å²) in [5.41, 5.74) is 5.65. The number of allylic oxidation sites excluding steroid dienone is 1. The standard InChI is InChI=1S/C28H27ClN2O3SSi/c1-5-9-25(36(3,4)24-10-7-6-8-11-24)28-27(26(30-34-28)21-14-16-22(29)17-15-21)31-35(32,33)23-18-12-20(2)13-19-23/h5-8,10-19,31H,1-4H3. The van der Waals surface area contributed by atoms with Gasteiger partial charge in [-0.2, -0.15) is 0 Å². The lowest BCUT2D eigenvalue weighted by atomic mass is 10.1. The van der Waals surface area contributed by atoms with E-state index in [0.29, 0.717) is 22.0 Å². The van der Waals surface area contributed by atoms with Gasteiger partial charge in [0.05, 0.1) is 4.90 Å². The normalized spacial score (nSPS) is 11.6. The van der Waals surface area contributed by atoms with Gasteiger partial charge < -0.3 is 4.52 Å². The molecule has 0 fully saturated rings. The molecule has 0 amide bonds. The van der Waals surface area contributed by atoms with Crippen LogP contribution in [0, 0.1) is 6.92 Å². The minimum atomic E-state index is -3.93. The van der Waals surface area contributed by atoms with E-state index in [2.05, 4.69) is 40.8 Å². The van der Waals surface area contributed by atoms with E-state index in [1.165, 1.54) is 0 Å². The number of nitrogens with one attached hydrogen (secondary N) is 1. The molecule has 0 saturated carbocycles. The van der Waals surface area contributed by atoms with Crippen LogP contribution in [0.25, 0.3) is 16.5 Å². The van der Waals surface area contributed by atoms with Crippen LogP contribution >= 0.6 is 11.6 Å². The van der Waals surface area contributed by atoms with Gasteiger partial charge in [0.25, 0.3) is 10.0 Å². The summed E-state index contributed by atoms with van der Waals surface area (Å²) in [7, 11) is -6.31. The Bertz CT molecular complexity index is 1540. The highest BCUT2D eigenvalue weighted by atomic mass is 35.5. The topological polar surface area (TPSA) is 72.2 Å². The van der Waals surface area contributed by atoms with Gasteiger partial charge in [-0.1, -0.05) is 95.2 Å². The molecule has 0 aliphatic carbocycles. The first kappa shape index (κ1) is 25.7. The monoisotopic (exact) mass is 534 g/mol. The summed E-state index contributed by atoms with van der Waals surface area (Å²) < 4.78 is 35.6. The van der Waals surface area contributed by atoms with E-state index >= 15 is 0 Å². The van der Waals surface area contributed by atoms with Crippen LogP contribution in [0.4, 0.5) is 5.69 Å². The van der Waals surface area contributed by atoms with Crippen LogP contribution in [-0.4, -0.2) is 21.6 Å². The van der Waals surface area contributed by atoms with E-state index in [-0.39, 0.29) is 10.6 Å². The van der Waals surface area contributed by atoms with Crippen molar-refractivity contribution in [1.29, 1.82) is 0 Å². The van der Waals surface area contributed by atoms with Gasteiger partial charge >= 0.3 is 0 Å². The van der Waals surface area contributed by atoms with Crippen LogP contribution in [0.5, 0.6) is 0 Å². The molecule has 3 aromatic carbocycles. The van der Waals surface area contributed by atoms with Crippen molar-refractivity contribution in [3.05, 3.63) is 107 Å². The second kappa shape index (κ2) is 10.3. The molecule has 1 heterocycles. The molecule has 0 unspecified atom stereocenters. The Morgan fingerprint density at radius 1 is 1.00 bits per heavy atom. The first-order chi connectivity index (χ1) is 17.1. The first-order valence-corrected chi connectivity index (χ1v) is 16.3. The second-order valence-corrected chi connectivity index (χ2v) is 15.4. The Morgan fingerprint density at radius 3 is 2.25 bits per heavy atom. The maximum atomic E-state index is 13.5. The molecule has 8 heteroatoms. The van der Waals surface area contributed by atoms with Gasteiger partial charge in [0.15, 0.2) is 5.76 Å². The third-order valence-corrected chi connectivity index (χ3v) is 11.0. The van der Waals surface area contributed by atoms with E-state index < -0.39 is 18.1 Å². The van der Waals surface area contributed by atoms with E-state index in [4.69, 9.17) is 16.1 Å². The Balaban J connectivity index is 1.92. The molecular weight excluding hydrogens is 508 g/mol. The van der Waals surface area contributed by atoms with Crippen molar-refractivity contribution < 1.29 is 12.9 Å². The zero-order chi connectivity index (χ0) is 25.9. The molecule has 0 atom stereocenters. The van der Waals surface area contributed by atoms with Crippen molar-refractivity contribution in [2.75, 3.05) is 4.72 Å². The molecule has 0 radical (unpaired) electrons. The lowest BCUT2D eigenvalue weighted by molar-refractivity contribution is 0.414. The highest BCUT2D eigenvalue weighted by Crippen LogP contribution is 2.39. The number of nitrogens with zero attached hydrogens (tertiary/aromatic N) is 1. The highest BCUT2D eigenvalue weighted by molar-refractivity contribution is 7.92. The van der Waals surface area contributed by atoms with Crippen molar-refractivity contribution in [3.63, 3.8) is 0 Å². The number of benzene rings is 3. The van der Waals surface area contributed by atoms with Crippen molar-refractivity contribution >= 4 is 45.8 Å². The smallest absolute Gasteiger partial charge is 0.262 e. The molecule has 0 bridgehead atoms. The van der Waals surface area contributed by atoms with Gasteiger partial charge in [-0.3, -0.25) is 4.72 Å². The summed E-state index contributed by atoms with van der Waals surface area (Å²) in [6.07, 6.45) is 1.82. The molecule has 0 aliphatic rings. The third-order valence-electron chi connectivity index (χ3n) is 6.01.